The molecule has 0 amide bonds. The number of halogens is 1. The van der Waals surface area contributed by atoms with E-state index in [4.69, 9.17) is 17.0 Å². The molecule has 6 nitrogen and oxygen atoms in total. The zero-order valence-electron chi connectivity index (χ0n) is 18.4. The summed E-state index contributed by atoms with van der Waals surface area (Å²) < 4.78 is 0. The van der Waals surface area contributed by atoms with Crippen molar-refractivity contribution in [1.82, 2.24) is 9.97 Å². The number of anilines is 1. The molecule has 2 unspecified atom stereocenters. The molecule has 3 rings (SSSR count). The number of nitrogens with one attached hydrogen (secondary N) is 3. The Bertz CT molecular complexity index is 1110. The first-order chi connectivity index (χ1) is 15.4. The van der Waals surface area contributed by atoms with Crippen LogP contribution in [0.3, 0.4) is 0 Å². The van der Waals surface area contributed by atoms with Crippen molar-refractivity contribution in [3.05, 3.63) is 92.0 Å². The van der Waals surface area contributed by atoms with E-state index in [0.717, 1.165) is 30.2 Å². The van der Waals surface area contributed by atoms with Crippen molar-refractivity contribution in [3.63, 3.8) is 0 Å². The van der Waals surface area contributed by atoms with Gasteiger partial charge < -0.3 is 20.8 Å². The summed E-state index contributed by atoms with van der Waals surface area (Å²) in [5, 5.41) is 21.9. The van der Waals surface area contributed by atoms with Crippen LogP contribution in [0.1, 0.15) is 47.8 Å². The van der Waals surface area contributed by atoms with Gasteiger partial charge in [-0.2, -0.15) is 0 Å². The van der Waals surface area contributed by atoms with Gasteiger partial charge in [0.25, 0.3) is 5.56 Å². The number of aryl methyl sites for hydroxylation is 2. The van der Waals surface area contributed by atoms with Gasteiger partial charge in [0.15, 0.2) is 0 Å². The first-order valence-corrected chi connectivity index (χ1v) is 11.1. The highest BCUT2D eigenvalue weighted by Gasteiger charge is 2.19. The molecule has 1 heterocycles. The van der Waals surface area contributed by atoms with Crippen molar-refractivity contribution in [3.8, 4) is 0 Å². The van der Waals surface area contributed by atoms with Crippen LogP contribution < -0.4 is 10.9 Å². The van der Waals surface area contributed by atoms with Crippen molar-refractivity contribution in [2.45, 2.75) is 51.7 Å². The van der Waals surface area contributed by atoms with Gasteiger partial charge in [0.2, 0.25) is 0 Å². The molecule has 0 saturated carbocycles. The van der Waals surface area contributed by atoms with Crippen LogP contribution in [0.25, 0.3) is 0 Å². The maximum absolute atomic E-state index is 12.6. The lowest BCUT2D eigenvalue weighted by Crippen LogP contribution is -2.34. The second-order valence-electron chi connectivity index (χ2n) is 8.05. The highest BCUT2D eigenvalue weighted by atomic mass is 35.5. The summed E-state index contributed by atoms with van der Waals surface area (Å²) in [6.07, 6.45) is 3.20. The Balaban J connectivity index is 1.78. The topological polar surface area (TPSA) is 102 Å². The Morgan fingerprint density at radius 1 is 1.22 bits per heavy atom. The molecule has 0 bridgehead atoms. The zero-order valence-corrected chi connectivity index (χ0v) is 19.1. The number of aromatic nitrogens is 2. The Kier molecular flexibility index (Phi) is 8.20. The third-order valence-electron chi connectivity index (χ3n) is 5.48. The summed E-state index contributed by atoms with van der Waals surface area (Å²) in [4.78, 5) is 19.9. The minimum absolute atomic E-state index is 0.143. The summed E-state index contributed by atoms with van der Waals surface area (Å²) in [5.74, 6) is 0.777. The van der Waals surface area contributed by atoms with Gasteiger partial charge in [-0.05, 0) is 55.9 Å². The lowest BCUT2D eigenvalue weighted by Gasteiger charge is -2.23. The number of hydrogen-bond donors (Lipinski definition) is 4. The summed E-state index contributed by atoms with van der Waals surface area (Å²) >= 11 is 6.22. The average molecular weight is 453 g/mol. The average Bonchev–Trinajstić information content (AvgIpc) is 2.76. The largest absolute Gasteiger partial charge is 0.391 e. The predicted octanol–water partition coefficient (Wildman–Crippen LogP) is 4.50. The van der Waals surface area contributed by atoms with Crippen molar-refractivity contribution < 1.29 is 5.11 Å². The Morgan fingerprint density at radius 3 is 2.62 bits per heavy atom. The van der Waals surface area contributed by atoms with Gasteiger partial charge >= 0.3 is 0 Å². The van der Waals surface area contributed by atoms with E-state index in [1.807, 2.05) is 43.3 Å². The van der Waals surface area contributed by atoms with E-state index in [0.29, 0.717) is 29.5 Å². The summed E-state index contributed by atoms with van der Waals surface area (Å²) in [6, 6.07) is 15.6. The molecular formula is C25H29ClN4O2. The van der Waals surface area contributed by atoms with Crippen molar-refractivity contribution >= 4 is 23.6 Å². The molecule has 168 valence electrons. The summed E-state index contributed by atoms with van der Waals surface area (Å²) in [7, 11) is 0. The van der Waals surface area contributed by atoms with Crippen molar-refractivity contribution in [2.75, 3.05) is 5.32 Å². The lowest BCUT2D eigenvalue weighted by molar-refractivity contribution is 0.166. The van der Waals surface area contributed by atoms with Crippen LogP contribution in [0.2, 0.25) is 5.02 Å². The molecule has 0 spiro atoms. The number of aliphatic hydroxyl groups is 1. The van der Waals surface area contributed by atoms with Gasteiger partial charge in [0.05, 0.1) is 17.7 Å². The molecule has 1 aromatic heterocycles. The Hall–Kier alpha value is -2.96. The first-order valence-electron chi connectivity index (χ1n) is 10.7. The van der Waals surface area contributed by atoms with E-state index < -0.39 is 6.10 Å². The van der Waals surface area contributed by atoms with Gasteiger partial charge in [0.1, 0.15) is 11.6 Å². The standard InChI is InChI=1S/C25H29ClN4O2/c1-16-11-12-19(13-21(16)26)14-23-29-24(20(15-27)25(32)30-23)28-22(17(2)31)10-6-9-18-7-4-3-5-8-18/h3-5,7-8,11-13,15,17,22,27,31H,6,9-10,14H2,1-2H3,(H2,28,29,30,32). The number of nitrogens with zero attached hydrogens (tertiary/aromatic N) is 1. The monoisotopic (exact) mass is 452 g/mol. The molecule has 0 saturated heterocycles. The number of aliphatic hydroxyl groups excluding tert-OH is 1. The van der Waals surface area contributed by atoms with Gasteiger partial charge in [-0.25, -0.2) is 4.98 Å². The highest BCUT2D eigenvalue weighted by molar-refractivity contribution is 6.31. The number of H-pyrrole nitrogens is 1. The van der Waals surface area contributed by atoms with Crippen LogP contribution in [0, 0.1) is 12.3 Å². The van der Waals surface area contributed by atoms with Crippen molar-refractivity contribution in [2.24, 2.45) is 0 Å². The van der Waals surface area contributed by atoms with Crippen LogP contribution >= 0.6 is 11.6 Å². The molecule has 0 aliphatic heterocycles. The van der Waals surface area contributed by atoms with E-state index in [1.165, 1.54) is 5.56 Å². The van der Waals surface area contributed by atoms with E-state index >= 15 is 0 Å². The fraction of sp³-hybridized carbons (Fsp3) is 0.320. The molecule has 0 aliphatic carbocycles. The molecule has 2 aromatic carbocycles. The number of hydrogen-bond acceptors (Lipinski definition) is 5. The SMILES string of the molecule is Cc1ccc(Cc2nc(NC(CCCc3ccccc3)C(C)O)c(C=N)c(=O)[nH]2)cc1Cl. The second kappa shape index (κ2) is 11.1. The van der Waals surface area contributed by atoms with Gasteiger partial charge in [-0.1, -0.05) is 54.1 Å². The third-order valence-corrected chi connectivity index (χ3v) is 5.89. The van der Waals surface area contributed by atoms with Gasteiger partial charge in [0, 0.05) is 17.7 Å². The first kappa shape index (κ1) is 23.7. The molecular weight excluding hydrogens is 424 g/mol. The molecule has 3 aromatic rings. The molecule has 0 radical (unpaired) electrons. The number of aromatic amines is 1. The van der Waals surface area contributed by atoms with Crippen LogP contribution in [0.15, 0.2) is 53.3 Å². The molecule has 2 atom stereocenters. The van der Waals surface area contributed by atoms with Crippen LogP contribution in [-0.2, 0) is 12.8 Å². The quantitative estimate of drug-likeness (QED) is 0.340. The van der Waals surface area contributed by atoms with E-state index in [2.05, 4.69) is 27.4 Å². The zero-order chi connectivity index (χ0) is 23.1. The Morgan fingerprint density at radius 2 is 1.97 bits per heavy atom. The smallest absolute Gasteiger partial charge is 0.261 e. The predicted molar refractivity (Wildman–Crippen MR) is 130 cm³/mol. The fourth-order valence-corrected chi connectivity index (χ4v) is 3.78. The van der Waals surface area contributed by atoms with Gasteiger partial charge in [-0.3, -0.25) is 4.79 Å². The maximum atomic E-state index is 12.6. The van der Waals surface area contributed by atoms with Crippen LogP contribution in [0.4, 0.5) is 5.82 Å². The lowest BCUT2D eigenvalue weighted by atomic mass is 10.0. The molecule has 7 heteroatoms. The summed E-state index contributed by atoms with van der Waals surface area (Å²) in [6.45, 7) is 3.65. The van der Waals surface area contributed by atoms with Crippen LogP contribution in [-0.4, -0.2) is 33.4 Å². The van der Waals surface area contributed by atoms with Crippen LogP contribution in [0.5, 0.6) is 0 Å². The third kappa shape index (κ3) is 6.28. The fourth-order valence-electron chi connectivity index (χ4n) is 3.58. The van der Waals surface area contributed by atoms with E-state index in [1.54, 1.807) is 6.92 Å². The number of benzene rings is 2. The van der Waals surface area contributed by atoms with E-state index in [-0.39, 0.29) is 17.2 Å². The van der Waals surface area contributed by atoms with E-state index in [9.17, 15) is 9.90 Å². The molecule has 0 fully saturated rings. The van der Waals surface area contributed by atoms with Crippen molar-refractivity contribution in [1.29, 1.82) is 5.41 Å². The minimum atomic E-state index is -0.648. The normalized spacial score (nSPS) is 12.9. The number of rotatable bonds is 10. The molecule has 4 N–H and O–H groups in total. The molecule has 32 heavy (non-hydrogen) atoms. The molecule has 0 aliphatic rings. The highest BCUT2D eigenvalue weighted by Crippen LogP contribution is 2.19. The maximum Gasteiger partial charge on any atom is 0.261 e. The Labute approximate surface area is 193 Å². The van der Waals surface area contributed by atoms with Gasteiger partial charge in [-0.15, -0.1) is 0 Å². The summed E-state index contributed by atoms with van der Waals surface area (Å²) in [5.41, 5.74) is 2.90. The minimum Gasteiger partial charge on any atom is -0.391 e. The second-order valence-corrected chi connectivity index (χ2v) is 8.46.